The summed E-state index contributed by atoms with van der Waals surface area (Å²) in [4.78, 5) is 38.2. The molecule has 3 rings (SSSR count). The van der Waals surface area contributed by atoms with Crippen LogP contribution in [0, 0.1) is 0 Å². The smallest absolute Gasteiger partial charge is 0.330 e. The van der Waals surface area contributed by atoms with Gasteiger partial charge >= 0.3 is 5.69 Å². The first kappa shape index (κ1) is 20.0. The number of rotatable bonds is 4. The van der Waals surface area contributed by atoms with E-state index in [0.717, 1.165) is 9.58 Å². The molecule has 3 N–H and O–H groups in total. The molecule has 1 aliphatic rings. The SMILES string of the molecule is COc1cc([C@@H]2CC(c3c(O)n(C)c(=O)[nH]c3=O)=NN2C(C)=O)cc(OC)c1O. The van der Waals surface area contributed by atoms with E-state index >= 15 is 0 Å². The largest absolute Gasteiger partial charge is 0.502 e. The second kappa shape index (κ2) is 7.34. The molecule has 0 unspecified atom stereocenters. The molecule has 0 aliphatic carbocycles. The molecule has 1 amide bonds. The minimum absolute atomic E-state index is 0.0749. The number of ether oxygens (including phenoxy) is 2. The Balaban J connectivity index is 2.12. The van der Waals surface area contributed by atoms with Crippen LogP contribution < -0.4 is 20.7 Å². The molecule has 1 atom stereocenters. The summed E-state index contributed by atoms with van der Waals surface area (Å²) in [5, 5.41) is 25.8. The summed E-state index contributed by atoms with van der Waals surface area (Å²) in [5.74, 6) is -0.878. The van der Waals surface area contributed by atoms with E-state index in [4.69, 9.17) is 9.47 Å². The topological polar surface area (TPSA) is 146 Å². The van der Waals surface area contributed by atoms with Crippen LogP contribution in [0.1, 0.15) is 30.5 Å². The molecule has 2 aromatic rings. The molecule has 11 nitrogen and oxygen atoms in total. The lowest BCUT2D eigenvalue weighted by Gasteiger charge is -2.22. The molecule has 154 valence electrons. The van der Waals surface area contributed by atoms with Crippen LogP contribution in [0.3, 0.4) is 0 Å². The van der Waals surface area contributed by atoms with E-state index in [1.54, 1.807) is 0 Å². The van der Waals surface area contributed by atoms with Gasteiger partial charge in [-0.25, -0.2) is 9.80 Å². The van der Waals surface area contributed by atoms with E-state index < -0.39 is 29.1 Å². The van der Waals surface area contributed by atoms with Gasteiger partial charge < -0.3 is 19.7 Å². The molecule has 2 heterocycles. The highest BCUT2D eigenvalue weighted by Crippen LogP contribution is 2.42. The normalized spacial score (nSPS) is 15.9. The second-order valence-corrected chi connectivity index (χ2v) is 6.42. The number of amides is 1. The van der Waals surface area contributed by atoms with Crippen molar-refractivity contribution in [3.63, 3.8) is 0 Å². The van der Waals surface area contributed by atoms with Gasteiger partial charge in [0.25, 0.3) is 5.56 Å². The van der Waals surface area contributed by atoms with Gasteiger partial charge in [-0.05, 0) is 17.7 Å². The number of nitrogens with one attached hydrogen (secondary N) is 1. The van der Waals surface area contributed by atoms with Gasteiger partial charge in [-0.1, -0.05) is 0 Å². The van der Waals surface area contributed by atoms with Gasteiger partial charge in [0.15, 0.2) is 11.5 Å². The number of carbonyl (C=O) groups is 1. The quantitative estimate of drug-likeness (QED) is 0.660. The highest BCUT2D eigenvalue weighted by atomic mass is 16.5. The first-order valence-corrected chi connectivity index (χ1v) is 8.54. The summed E-state index contributed by atoms with van der Waals surface area (Å²) in [5.41, 5.74) is -1.12. The number of aromatic hydroxyl groups is 2. The van der Waals surface area contributed by atoms with Crippen molar-refractivity contribution in [1.29, 1.82) is 0 Å². The molecule has 11 heteroatoms. The van der Waals surface area contributed by atoms with Crippen molar-refractivity contribution in [1.82, 2.24) is 14.6 Å². The number of phenols is 1. The molecule has 0 spiro atoms. The van der Waals surface area contributed by atoms with Crippen molar-refractivity contribution in [2.45, 2.75) is 19.4 Å². The molecule has 0 bridgehead atoms. The van der Waals surface area contributed by atoms with Gasteiger partial charge in [-0.3, -0.25) is 19.1 Å². The Bertz CT molecular complexity index is 1110. The zero-order chi connectivity index (χ0) is 21.5. The first-order chi connectivity index (χ1) is 13.7. The van der Waals surface area contributed by atoms with E-state index in [0.29, 0.717) is 5.56 Å². The van der Waals surface area contributed by atoms with Crippen molar-refractivity contribution in [3.8, 4) is 23.1 Å². The monoisotopic (exact) mass is 404 g/mol. The lowest BCUT2D eigenvalue weighted by Crippen LogP contribution is -2.32. The van der Waals surface area contributed by atoms with Crippen LogP contribution in [0.5, 0.6) is 23.1 Å². The van der Waals surface area contributed by atoms with Crippen molar-refractivity contribution >= 4 is 11.6 Å². The van der Waals surface area contributed by atoms with Crippen molar-refractivity contribution in [2.75, 3.05) is 14.2 Å². The number of hydrogen-bond acceptors (Lipinski definition) is 8. The number of carbonyl (C=O) groups excluding carboxylic acids is 1. The van der Waals surface area contributed by atoms with Gasteiger partial charge in [-0.15, -0.1) is 0 Å². The lowest BCUT2D eigenvalue weighted by atomic mass is 9.98. The summed E-state index contributed by atoms with van der Waals surface area (Å²) >= 11 is 0. The van der Waals surface area contributed by atoms with Gasteiger partial charge in [0.1, 0.15) is 5.56 Å². The molecule has 1 aliphatic heterocycles. The number of hydrogen-bond donors (Lipinski definition) is 3. The number of hydrazone groups is 1. The maximum absolute atomic E-state index is 12.3. The van der Waals surface area contributed by atoms with E-state index in [9.17, 15) is 24.6 Å². The molecule has 0 saturated carbocycles. The van der Waals surface area contributed by atoms with Crippen molar-refractivity contribution < 1.29 is 24.5 Å². The Kier molecular flexibility index (Phi) is 5.06. The van der Waals surface area contributed by atoms with Gasteiger partial charge in [-0.2, -0.15) is 5.10 Å². The van der Waals surface area contributed by atoms with Gasteiger partial charge in [0.05, 0.1) is 26.0 Å². The average Bonchev–Trinajstić information content (AvgIpc) is 3.11. The minimum Gasteiger partial charge on any atom is -0.502 e. The summed E-state index contributed by atoms with van der Waals surface area (Å²) < 4.78 is 11.2. The molecule has 1 aromatic heterocycles. The van der Waals surface area contributed by atoms with Crippen LogP contribution >= 0.6 is 0 Å². The highest BCUT2D eigenvalue weighted by Gasteiger charge is 2.35. The third-order valence-electron chi connectivity index (χ3n) is 4.70. The lowest BCUT2D eigenvalue weighted by molar-refractivity contribution is -0.130. The van der Waals surface area contributed by atoms with E-state index in [-0.39, 0.29) is 34.9 Å². The summed E-state index contributed by atoms with van der Waals surface area (Å²) in [6.45, 7) is 1.30. The molecule has 1 aromatic carbocycles. The Labute approximate surface area is 164 Å². The number of aromatic nitrogens is 2. The number of H-pyrrole nitrogens is 1. The zero-order valence-electron chi connectivity index (χ0n) is 16.2. The van der Waals surface area contributed by atoms with Crippen molar-refractivity contribution in [2.24, 2.45) is 12.1 Å². The predicted molar refractivity (Wildman–Crippen MR) is 102 cm³/mol. The molecular weight excluding hydrogens is 384 g/mol. The third kappa shape index (κ3) is 3.30. The van der Waals surface area contributed by atoms with Crippen LogP contribution in [0.25, 0.3) is 0 Å². The van der Waals surface area contributed by atoms with Crippen molar-refractivity contribution in [3.05, 3.63) is 44.1 Å². The molecule has 0 radical (unpaired) electrons. The molecule has 29 heavy (non-hydrogen) atoms. The van der Waals surface area contributed by atoms with E-state index in [1.165, 1.54) is 40.3 Å². The van der Waals surface area contributed by atoms with Crippen LogP contribution in [0.2, 0.25) is 0 Å². The Hall–Kier alpha value is -3.76. The number of nitrogens with zero attached hydrogens (tertiary/aromatic N) is 3. The molecule has 0 saturated heterocycles. The highest BCUT2D eigenvalue weighted by molar-refractivity contribution is 6.04. The maximum Gasteiger partial charge on any atom is 0.330 e. The number of methoxy groups -OCH3 is 2. The van der Waals surface area contributed by atoms with Crippen LogP contribution in [-0.4, -0.2) is 50.6 Å². The summed E-state index contributed by atoms with van der Waals surface area (Å²) in [7, 11) is 4.04. The maximum atomic E-state index is 12.3. The standard InChI is InChI=1S/C18H20N4O7/c1-8(23)22-11(9-5-12(28-3)15(24)13(6-9)29-4)7-10(20-22)14-16(25)19-18(27)21(2)17(14)26/h5-6,11,24,26H,7H2,1-4H3,(H,19,25,27)/t11-/m0/s1. The molecular formula is C18H20N4O7. The fraction of sp³-hybridized carbons (Fsp3) is 0.333. The van der Waals surface area contributed by atoms with Gasteiger partial charge in [0, 0.05) is 20.4 Å². The van der Waals surface area contributed by atoms with Crippen LogP contribution in [0.15, 0.2) is 26.8 Å². The zero-order valence-corrected chi connectivity index (χ0v) is 16.2. The predicted octanol–water partition coefficient (Wildman–Crippen LogP) is 0.200. The Morgan fingerprint density at radius 2 is 1.79 bits per heavy atom. The minimum atomic E-state index is -0.811. The fourth-order valence-electron chi connectivity index (χ4n) is 3.19. The third-order valence-corrected chi connectivity index (χ3v) is 4.70. The number of phenolic OH excluding ortho intramolecular Hbond substituents is 1. The summed E-state index contributed by atoms with van der Waals surface area (Å²) in [6, 6.07) is 2.41. The second-order valence-electron chi connectivity index (χ2n) is 6.42. The van der Waals surface area contributed by atoms with Crippen LogP contribution in [-0.2, 0) is 11.8 Å². The van der Waals surface area contributed by atoms with Crippen LogP contribution in [0.4, 0.5) is 0 Å². The first-order valence-electron chi connectivity index (χ1n) is 8.54. The number of benzene rings is 1. The fourth-order valence-corrected chi connectivity index (χ4v) is 3.19. The van der Waals surface area contributed by atoms with Gasteiger partial charge in [0.2, 0.25) is 17.5 Å². The van der Waals surface area contributed by atoms with E-state index in [1.807, 2.05) is 0 Å². The Morgan fingerprint density at radius 3 is 2.31 bits per heavy atom. The summed E-state index contributed by atoms with van der Waals surface area (Å²) in [6.07, 6.45) is 0.0749. The average molecular weight is 404 g/mol. The molecule has 0 fully saturated rings. The number of aromatic amines is 1. The Morgan fingerprint density at radius 1 is 1.21 bits per heavy atom. The van der Waals surface area contributed by atoms with E-state index in [2.05, 4.69) is 10.1 Å².